The molecule has 1 fully saturated rings. The second-order valence-electron chi connectivity index (χ2n) is 10.1. The number of carbonyl (C=O) groups excluding carboxylic acids is 1. The summed E-state index contributed by atoms with van der Waals surface area (Å²) in [6.07, 6.45) is 1.61. The first kappa shape index (κ1) is 22.7. The van der Waals surface area contributed by atoms with Crippen LogP contribution in [-0.4, -0.2) is 10.8 Å². The number of ketones is 1. The summed E-state index contributed by atoms with van der Waals surface area (Å²) >= 11 is 0. The lowest BCUT2D eigenvalue weighted by atomic mass is 9.60. The van der Waals surface area contributed by atoms with E-state index in [1.54, 1.807) is 0 Å². The zero-order valence-electron chi connectivity index (χ0n) is 21.1. The van der Waals surface area contributed by atoms with E-state index in [1.165, 1.54) is 5.56 Å². The summed E-state index contributed by atoms with van der Waals surface area (Å²) in [6, 6.07) is 49.9. The number of nitrogens with zero attached hydrogens (tertiary/aromatic N) is 2. The van der Waals surface area contributed by atoms with Crippen LogP contribution in [0, 0.1) is 0 Å². The van der Waals surface area contributed by atoms with Crippen molar-refractivity contribution in [3.8, 4) is 0 Å². The van der Waals surface area contributed by atoms with Crippen molar-refractivity contribution in [2.45, 2.75) is 23.9 Å². The van der Waals surface area contributed by atoms with E-state index in [4.69, 9.17) is 0 Å². The number of aryl methyl sites for hydroxylation is 1. The summed E-state index contributed by atoms with van der Waals surface area (Å²) in [5.74, 6) is 0.226. The van der Waals surface area contributed by atoms with E-state index < -0.39 is 11.1 Å². The van der Waals surface area contributed by atoms with Gasteiger partial charge in [0.2, 0.25) is 0 Å². The normalized spacial score (nSPS) is 19.6. The largest absolute Gasteiger partial charge is 0.294 e. The summed E-state index contributed by atoms with van der Waals surface area (Å²) in [6.45, 7) is 0. The maximum Gasteiger partial charge on any atom is 0.190 e. The Balaban J connectivity index is 1.59. The van der Waals surface area contributed by atoms with Gasteiger partial charge in [0.15, 0.2) is 11.3 Å². The fourth-order valence-corrected chi connectivity index (χ4v) is 6.64. The Morgan fingerprint density at radius 1 is 0.553 bits per heavy atom. The van der Waals surface area contributed by atoms with Gasteiger partial charge >= 0.3 is 0 Å². The van der Waals surface area contributed by atoms with Crippen LogP contribution >= 0.6 is 0 Å². The molecule has 1 heterocycles. The van der Waals surface area contributed by atoms with Gasteiger partial charge in [-0.25, -0.2) is 0 Å². The van der Waals surface area contributed by atoms with Crippen molar-refractivity contribution in [2.75, 3.05) is 5.01 Å². The van der Waals surface area contributed by atoms with Gasteiger partial charge in [-0.15, -0.1) is 0 Å². The molecule has 0 bridgehead atoms. The van der Waals surface area contributed by atoms with E-state index in [0.717, 1.165) is 40.9 Å². The molecule has 2 aliphatic rings. The molecule has 5 aromatic carbocycles. The minimum Gasteiger partial charge on any atom is -0.294 e. The molecule has 0 N–H and O–H groups in total. The molecule has 184 valence electrons. The van der Waals surface area contributed by atoms with E-state index in [2.05, 4.69) is 107 Å². The number of hydrazine groups is 1. The molecule has 7 rings (SSSR count). The van der Waals surface area contributed by atoms with Crippen molar-refractivity contribution in [3.05, 3.63) is 168 Å². The van der Waals surface area contributed by atoms with Crippen LogP contribution in [0.4, 0.5) is 11.4 Å². The summed E-state index contributed by atoms with van der Waals surface area (Å²) < 4.78 is 0. The van der Waals surface area contributed by atoms with Crippen molar-refractivity contribution < 1.29 is 4.79 Å². The molecular weight excluding hydrogens is 464 g/mol. The molecule has 1 spiro atoms. The second-order valence-corrected chi connectivity index (χ2v) is 10.1. The molecule has 38 heavy (non-hydrogen) atoms. The van der Waals surface area contributed by atoms with Crippen LogP contribution in [0.15, 0.2) is 146 Å². The number of fused-ring (bicyclic) bond motifs is 2. The third kappa shape index (κ3) is 3.03. The molecule has 0 saturated carbocycles. The highest BCUT2D eigenvalue weighted by Crippen LogP contribution is 2.63. The van der Waals surface area contributed by atoms with Crippen LogP contribution in [0.2, 0.25) is 0 Å². The second kappa shape index (κ2) is 8.83. The number of hydrogen-bond donors (Lipinski definition) is 0. The predicted molar refractivity (Wildman–Crippen MR) is 152 cm³/mol. The van der Waals surface area contributed by atoms with Gasteiger partial charge in [-0.2, -0.15) is 5.01 Å². The first-order valence-electron chi connectivity index (χ1n) is 13.2. The fourth-order valence-electron chi connectivity index (χ4n) is 6.64. The molecular formula is C35H28N2O. The maximum absolute atomic E-state index is 15.2. The third-order valence-electron chi connectivity index (χ3n) is 8.19. The number of Topliss-reactive ketones (excluding diaryl/α,β-unsaturated/α-hetero) is 1. The molecule has 3 heteroatoms. The molecule has 0 unspecified atom stereocenters. The van der Waals surface area contributed by atoms with Crippen LogP contribution in [0.25, 0.3) is 0 Å². The molecule has 0 amide bonds. The number of anilines is 2. The molecule has 0 radical (unpaired) electrons. The molecule has 1 aliphatic heterocycles. The Bertz CT molecular complexity index is 1510. The van der Waals surface area contributed by atoms with Crippen molar-refractivity contribution in [2.24, 2.45) is 0 Å². The average molecular weight is 493 g/mol. The summed E-state index contributed by atoms with van der Waals surface area (Å²) in [5.41, 5.74) is 4.58. The lowest BCUT2D eigenvalue weighted by molar-refractivity contribution is -0.177. The van der Waals surface area contributed by atoms with E-state index in [0.29, 0.717) is 0 Å². The molecule has 1 aliphatic carbocycles. The van der Waals surface area contributed by atoms with Crippen LogP contribution in [0.3, 0.4) is 0 Å². The van der Waals surface area contributed by atoms with Crippen LogP contribution < -0.4 is 5.01 Å². The van der Waals surface area contributed by atoms with Crippen LogP contribution in [0.1, 0.15) is 28.7 Å². The lowest BCUT2D eigenvalue weighted by Crippen LogP contribution is -2.81. The van der Waals surface area contributed by atoms with Gasteiger partial charge in [-0.3, -0.25) is 9.80 Å². The van der Waals surface area contributed by atoms with E-state index in [9.17, 15) is 0 Å². The smallest absolute Gasteiger partial charge is 0.190 e. The number of carbonyl (C=O) groups is 1. The van der Waals surface area contributed by atoms with E-state index >= 15 is 4.79 Å². The van der Waals surface area contributed by atoms with Crippen molar-refractivity contribution in [1.29, 1.82) is 0 Å². The molecule has 1 atom stereocenters. The highest BCUT2D eigenvalue weighted by Gasteiger charge is 2.74. The predicted octanol–water partition coefficient (Wildman–Crippen LogP) is 7.41. The number of rotatable bonds is 5. The van der Waals surface area contributed by atoms with Gasteiger partial charge in [-0.05, 0) is 59.4 Å². The van der Waals surface area contributed by atoms with E-state index in [1.807, 2.05) is 48.5 Å². The summed E-state index contributed by atoms with van der Waals surface area (Å²) in [7, 11) is 0. The zero-order valence-corrected chi connectivity index (χ0v) is 21.1. The monoisotopic (exact) mass is 492 g/mol. The minimum atomic E-state index is -0.994. The highest BCUT2D eigenvalue weighted by atomic mass is 16.2. The quantitative estimate of drug-likeness (QED) is 0.255. The van der Waals surface area contributed by atoms with Gasteiger partial charge in [0.25, 0.3) is 0 Å². The Morgan fingerprint density at radius 3 is 1.53 bits per heavy atom. The fraction of sp³-hybridized carbons (Fsp3) is 0.114. The number of benzene rings is 5. The lowest BCUT2D eigenvalue weighted by Gasteiger charge is -2.66. The van der Waals surface area contributed by atoms with Gasteiger partial charge in [0.05, 0.1) is 11.4 Å². The van der Waals surface area contributed by atoms with Gasteiger partial charge in [0, 0.05) is 0 Å². The van der Waals surface area contributed by atoms with Crippen LogP contribution in [-0.2, 0) is 22.3 Å². The standard InChI is InChI=1S/C35H28N2O/c38-33-34(26-25-27-15-13-14-24-32(27)34)37(36(30-20-9-3-10-21-30)31-22-11-4-12-23-31)35(33,28-16-5-1-6-17-28)29-18-7-2-8-19-29/h1-24H,25-26H2/t34-/m1/s1. The first-order valence-corrected chi connectivity index (χ1v) is 13.2. The van der Waals surface area contributed by atoms with Crippen molar-refractivity contribution >= 4 is 17.2 Å². The molecule has 0 aromatic heterocycles. The molecule has 5 aromatic rings. The first-order chi connectivity index (χ1) is 18.8. The number of para-hydroxylation sites is 2. The topological polar surface area (TPSA) is 23.6 Å². The maximum atomic E-state index is 15.2. The summed E-state index contributed by atoms with van der Waals surface area (Å²) in [4.78, 5) is 15.2. The summed E-state index contributed by atoms with van der Waals surface area (Å²) in [5, 5.41) is 4.67. The Labute approximate surface area is 223 Å². The highest BCUT2D eigenvalue weighted by molar-refractivity contribution is 6.08. The van der Waals surface area contributed by atoms with Crippen molar-refractivity contribution in [1.82, 2.24) is 5.01 Å². The zero-order chi connectivity index (χ0) is 25.6. The third-order valence-corrected chi connectivity index (χ3v) is 8.19. The Morgan fingerprint density at radius 2 is 1.00 bits per heavy atom. The van der Waals surface area contributed by atoms with Gasteiger partial charge in [-0.1, -0.05) is 121 Å². The van der Waals surface area contributed by atoms with Crippen molar-refractivity contribution in [3.63, 3.8) is 0 Å². The molecule has 3 nitrogen and oxygen atoms in total. The van der Waals surface area contributed by atoms with Gasteiger partial charge < -0.3 is 0 Å². The van der Waals surface area contributed by atoms with E-state index in [-0.39, 0.29) is 5.78 Å². The SMILES string of the molecule is O=C1C(c2ccccc2)(c2ccccc2)N(N(c2ccccc2)c2ccccc2)[C@@]12CCc1ccccc12. The minimum absolute atomic E-state index is 0.226. The van der Waals surface area contributed by atoms with Gasteiger partial charge in [0.1, 0.15) is 5.54 Å². The van der Waals surface area contributed by atoms with Crippen LogP contribution in [0.5, 0.6) is 0 Å². The average Bonchev–Trinajstić information content (AvgIpc) is 3.41. The Hall–Kier alpha value is -4.47. The number of hydrogen-bond acceptors (Lipinski definition) is 3. The molecule has 1 saturated heterocycles. The Kier molecular flexibility index (Phi) is 5.27.